The standard InChI is InChI=1S/C3H6.Cu.FH.Si/c1-3-2;;;/h3H,1H2,2H3;;1H;. The van der Waals surface area contributed by atoms with Crippen molar-refractivity contribution in [2.24, 2.45) is 0 Å². The third kappa shape index (κ3) is 310. The number of rotatable bonds is 0. The molecule has 41 valence electrons. The largest absolute Gasteiger partial charge is 0.269 e. The normalized spacial score (nSPS) is 2.17. The molecule has 0 saturated heterocycles. The molecule has 0 aromatic rings. The summed E-state index contributed by atoms with van der Waals surface area (Å²) >= 11 is 0. The van der Waals surface area contributed by atoms with Gasteiger partial charge in [-0.15, -0.1) is 6.58 Å². The first-order valence-electron chi connectivity index (χ1n) is 0.986. The third-order valence-corrected chi connectivity index (χ3v) is 0. The van der Waals surface area contributed by atoms with Crippen LogP contribution in [0, 0.1) is 0 Å². The van der Waals surface area contributed by atoms with E-state index in [0.717, 1.165) is 0 Å². The van der Waals surface area contributed by atoms with E-state index in [9.17, 15) is 0 Å². The quantitative estimate of drug-likeness (QED) is 0.360. The first-order chi connectivity index (χ1) is 1.41. The number of halogens is 1. The molecular formula is C3H7CuFSi. The summed E-state index contributed by atoms with van der Waals surface area (Å²) in [5.41, 5.74) is 0. The summed E-state index contributed by atoms with van der Waals surface area (Å²) in [5.74, 6) is 0. The molecule has 0 nitrogen and oxygen atoms in total. The van der Waals surface area contributed by atoms with Crippen LogP contribution in [0.2, 0.25) is 0 Å². The zero-order chi connectivity index (χ0) is 2.71. The Bertz CT molecular complexity index is 18.3. The molecule has 0 saturated carbocycles. The minimum absolute atomic E-state index is 0. The van der Waals surface area contributed by atoms with E-state index < -0.39 is 0 Å². The molecule has 0 spiro atoms. The fourth-order valence-electron chi connectivity index (χ4n) is 0. The Morgan fingerprint density at radius 3 is 1.50 bits per heavy atom. The molecule has 0 aliphatic heterocycles. The van der Waals surface area contributed by atoms with Gasteiger partial charge >= 0.3 is 0 Å². The first-order valence-corrected chi connectivity index (χ1v) is 0.986. The Labute approximate surface area is 52.9 Å². The molecule has 3 heteroatoms. The van der Waals surface area contributed by atoms with Gasteiger partial charge in [-0.25, -0.2) is 0 Å². The average molecular weight is 154 g/mol. The second-order valence-corrected chi connectivity index (χ2v) is 0.408. The monoisotopic (exact) mass is 153 g/mol. The van der Waals surface area contributed by atoms with Gasteiger partial charge in [0.15, 0.2) is 0 Å². The van der Waals surface area contributed by atoms with Gasteiger partial charge in [0.2, 0.25) is 0 Å². The predicted octanol–water partition coefficient (Wildman–Crippen LogP) is 0.962. The van der Waals surface area contributed by atoms with Gasteiger partial charge in [0.25, 0.3) is 0 Å². The van der Waals surface area contributed by atoms with E-state index in [0.29, 0.717) is 0 Å². The summed E-state index contributed by atoms with van der Waals surface area (Å²) in [5, 5.41) is 0. The Kier molecular flexibility index (Phi) is 286. The summed E-state index contributed by atoms with van der Waals surface area (Å²) in [6, 6.07) is 0. The molecule has 0 unspecified atom stereocenters. The van der Waals surface area contributed by atoms with E-state index in [-0.39, 0.29) is 32.7 Å². The topological polar surface area (TPSA) is 0 Å². The van der Waals surface area contributed by atoms with Crippen LogP contribution in [0.4, 0.5) is 4.70 Å². The van der Waals surface area contributed by atoms with Crippen LogP contribution < -0.4 is 0 Å². The first kappa shape index (κ1) is 32.3. The van der Waals surface area contributed by atoms with Crippen LogP contribution in [0.3, 0.4) is 0 Å². The van der Waals surface area contributed by atoms with E-state index in [1.54, 1.807) is 6.08 Å². The van der Waals surface area contributed by atoms with Crippen molar-refractivity contribution in [1.82, 2.24) is 0 Å². The maximum Gasteiger partial charge on any atom is 0 e. The maximum atomic E-state index is 3.36. The zero-order valence-electron chi connectivity index (χ0n) is 3.49. The van der Waals surface area contributed by atoms with Gasteiger partial charge < -0.3 is 0 Å². The predicted molar refractivity (Wildman–Crippen MR) is 24.1 cm³/mol. The third-order valence-electron chi connectivity index (χ3n) is 0. The minimum Gasteiger partial charge on any atom is -0.269 e. The number of hydrogen-bond acceptors (Lipinski definition) is 0. The van der Waals surface area contributed by atoms with Gasteiger partial charge in [-0.3, -0.25) is 4.70 Å². The molecule has 0 rings (SSSR count). The van der Waals surface area contributed by atoms with Gasteiger partial charge in [0, 0.05) is 28.0 Å². The van der Waals surface area contributed by atoms with Crippen molar-refractivity contribution in [2.75, 3.05) is 0 Å². The molecule has 5 radical (unpaired) electrons. The van der Waals surface area contributed by atoms with Gasteiger partial charge in [-0.2, -0.15) is 0 Å². The smallest absolute Gasteiger partial charge is 0 e. The Balaban J connectivity index is -0.00000000667. The summed E-state index contributed by atoms with van der Waals surface area (Å²) in [7, 11) is 0. The van der Waals surface area contributed by atoms with Crippen molar-refractivity contribution in [3.63, 3.8) is 0 Å². The molecule has 0 aliphatic carbocycles. The fourth-order valence-corrected chi connectivity index (χ4v) is 0. The van der Waals surface area contributed by atoms with E-state index >= 15 is 0 Å². The van der Waals surface area contributed by atoms with E-state index in [1.165, 1.54) is 0 Å². The summed E-state index contributed by atoms with van der Waals surface area (Å²) in [6.07, 6.45) is 1.75. The van der Waals surface area contributed by atoms with E-state index in [1.807, 2.05) is 6.92 Å². The molecule has 0 amide bonds. The molecule has 0 bridgehead atoms. The summed E-state index contributed by atoms with van der Waals surface area (Å²) < 4.78 is 0. The molecule has 0 aromatic carbocycles. The van der Waals surface area contributed by atoms with Crippen molar-refractivity contribution in [3.05, 3.63) is 12.7 Å². The summed E-state index contributed by atoms with van der Waals surface area (Å²) in [6.45, 7) is 5.25. The number of hydrogen-bond donors (Lipinski definition) is 0. The molecule has 6 heavy (non-hydrogen) atoms. The van der Waals surface area contributed by atoms with Gasteiger partial charge in [0.1, 0.15) is 0 Å². The molecule has 0 atom stereocenters. The van der Waals surface area contributed by atoms with Crippen LogP contribution >= 0.6 is 0 Å². The van der Waals surface area contributed by atoms with Crippen molar-refractivity contribution in [1.29, 1.82) is 0 Å². The molecule has 0 N–H and O–H groups in total. The molecule has 0 heterocycles. The van der Waals surface area contributed by atoms with Crippen molar-refractivity contribution < 1.29 is 21.8 Å². The minimum atomic E-state index is 0. The van der Waals surface area contributed by atoms with Crippen molar-refractivity contribution in [2.45, 2.75) is 6.92 Å². The van der Waals surface area contributed by atoms with Gasteiger partial charge in [-0.1, -0.05) is 6.08 Å². The fraction of sp³-hybridized carbons (Fsp3) is 0.333. The Hall–Kier alpha value is 0.406. The second kappa shape index (κ2) is 53.1. The van der Waals surface area contributed by atoms with Crippen molar-refractivity contribution in [3.8, 4) is 0 Å². The second-order valence-electron chi connectivity index (χ2n) is 0.408. The SMILES string of the molecule is C=CC.F.[Cu].[Si]. The Morgan fingerprint density at radius 2 is 1.50 bits per heavy atom. The molecular weight excluding hydrogens is 147 g/mol. The van der Waals surface area contributed by atoms with Gasteiger partial charge in [0.05, 0.1) is 0 Å². The van der Waals surface area contributed by atoms with Crippen LogP contribution in [0.1, 0.15) is 6.92 Å². The average Bonchev–Trinajstić information content (AvgIpc) is 0.918. The maximum absolute atomic E-state index is 3.36. The van der Waals surface area contributed by atoms with Gasteiger partial charge in [-0.05, 0) is 6.92 Å². The van der Waals surface area contributed by atoms with Crippen molar-refractivity contribution >= 4 is 11.0 Å². The van der Waals surface area contributed by atoms with Crippen LogP contribution in [-0.4, -0.2) is 11.0 Å². The van der Waals surface area contributed by atoms with Crippen LogP contribution in [0.5, 0.6) is 0 Å². The van der Waals surface area contributed by atoms with Crippen LogP contribution in [0.25, 0.3) is 0 Å². The molecule has 0 aliphatic rings. The van der Waals surface area contributed by atoms with Crippen LogP contribution in [-0.2, 0) is 17.1 Å². The van der Waals surface area contributed by atoms with E-state index in [4.69, 9.17) is 0 Å². The van der Waals surface area contributed by atoms with E-state index in [2.05, 4.69) is 6.58 Å². The molecule has 0 fully saturated rings. The molecule has 0 aromatic heterocycles. The Morgan fingerprint density at radius 1 is 1.50 bits per heavy atom. The zero-order valence-corrected chi connectivity index (χ0v) is 5.44. The summed E-state index contributed by atoms with van der Waals surface area (Å²) in [4.78, 5) is 0. The van der Waals surface area contributed by atoms with Crippen LogP contribution in [0.15, 0.2) is 12.7 Å². The number of allylic oxidation sites excluding steroid dienone is 1.